The molecule has 0 fully saturated rings. The van der Waals surface area contributed by atoms with E-state index in [1.54, 1.807) is 0 Å². The summed E-state index contributed by atoms with van der Waals surface area (Å²) >= 11 is 0. The van der Waals surface area contributed by atoms with Crippen LogP contribution in [-0.2, 0) is 28.6 Å². The highest BCUT2D eigenvalue weighted by atomic mass is 16.6. The molecule has 0 aliphatic carbocycles. The van der Waals surface area contributed by atoms with Crippen molar-refractivity contribution in [1.29, 1.82) is 0 Å². The molecule has 0 radical (unpaired) electrons. The number of ether oxygens (including phenoxy) is 3. The van der Waals surface area contributed by atoms with Crippen molar-refractivity contribution in [3.63, 3.8) is 0 Å². The Labute approximate surface area is 482 Å². The number of carbonyl (C=O) groups is 3. The van der Waals surface area contributed by atoms with Gasteiger partial charge in [-0.15, -0.1) is 0 Å². The third-order valence-electron chi connectivity index (χ3n) is 14.0. The maximum atomic E-state index is 12.9. The number of esters is 3. The summed E-state index contributed by atoms with van der Waals surface area (Å²) in [7, 11) is 0. The molecular formula is C72H122O6. The fourth-order valence-corrected chi connectivity index (χ4v) is 9.15. The van der Waals surface area contributed by atoms with Crippen molar-refractivity contribution in [2.45, 2.75) is 316 Å². The third-order valence-corrected chi connectivity index (χ3v) is 14.0. The maximum absolute atomic E-state index is 12.9. The van der Waals surface area contributed by atoms with Gasteiger partial charge in [0.05, 0.1) is 0 Å². The molecule has 78 heavy (non-hydrogen) atoms. The van der Waals surface area contributed by atoms with Crippen molar-refractivity contribution in [1.82, 2.24) is 0 Å². The Morgan fingerprint density at radius 1 is 0.269 bits per heavy atom. The average molecular weight is 1080 g/mol. The van der Waals surface area contributed by atoms with E-state index < -0.39 is 6.10 Å². The Bertz CT molecular complexity index is 1570. The molecule has 0 aromatic rings. The van der Waals surface area contributed by atoms with E-state index in [9.17, 15) is 14.4 Å². The predicted octanol–water partition coefficient (Wildman–Crippen LogP) is 22.6. The summed E-state index contributed by atoms with van der Waals surface area (Å²) in [5.41, 5.74) is 0. The molecule has 6 heteroatoms. The predicted molar refractivity (Wildman–Crippen MR) is 339 cm³/mol. The van der Waals surface area contributed by atoms with E-state index in [0.717, 1.165) is 103 Å². The van der Waals surface area contributed by atoms with Crippen molar-refractivity contribution in [2.75, 3.05) is 13.2 Å². The minimum Gasteiger partial charge on any atom is -0.462 e. The van der Waals surface area contributed by atoms with E-state index in [1.807, 2.05) is 0 Å². The third kappa shape index (κ3) is 62.9. The number of allylic oxidation sites excluding steroid dienone is 18. The fourth-order valence-electron chi connectivity index (χ4n) is 9.15. The lowest BCUT2D eigenvalue weighted by Crippen LogP contribution is -2.30. The molecule has 1 atom stereocenters. The van der Waals surface area contributed by atoms with Gasteiger partial charge < -0.3 is 14.2 Å². The van der Waals surface area contributed by atoms with Crippen molar-refractivity contribution < 1.29 is 28.6 Å². The van der Waals surface area contributed by atoms with E-state index in [-0.39, 0.29) is 37.5 Å². The average Bonchev–Trinajstić information content (AvgIpc) is 3.44. The molecule has 0 aliphatic heterocycles. The standard InChI is InChI=1S/C72H122O6/c1-4-7-10-13-16-19-22-24-26-28-30-32-33-34-35-36-37-38-39-40-42-43-45-47-50-53-56-59-62-65-71(74)77-68-69(67-76-70(73)64-61-58-55-52-49-21-18-15-12-9-6-3)78-72(75)66-63-60-57-54-51-48-46-44-41-31-29-27-25-23-20-17-14-11-8-5-2/h7,10,16,19,24,26,30,32,34-35,37-38,40,42,45,47,53,56,69H,4-6,8-9,11-15,17-18,20-23,25,27-29,31,33,36,39,41,43-44,46,48-52,54-55,57-68H2,1-3H3/b10-7-,19-16-,26-24-,32-30-,35-34-,38-37-,42-40-,47-45-,56-53-. The lowest BCUT2D eigenvalue weighted by molar-refractivity contribution is -0.167. The van der Waals surface area contributed by atoms with Gasteiger partial charge in [-0.3, -0.25) is 14.4 Å². The molecule has 446 valence electrons. The molecule has 0 saturated heterocycles. The smallest absolute Gasteiger partial charge is 0.306 e. The van der Waals surface area contributed by atoms with Gasteiger partial charge >= 0.3 is 17.9 Å². The molecule has 0 heterocycles. The second-order valence-electron chi connectivity index (χ2n) is 21.7. The first-order valence-corrected chi connectivity index (χ1v) is 32.9. The molecule has 0 bridgehead atoms. The Morgan fingerprint density at radius 2 is 0.500 bits per heavy atom. The Balaban J connectivity index is 4.37. The van der Waals surface area contributed by atoms with Crippen LogP contribution in [0.1, 0.15) is 310 Å². The minimum absolute atomic E-state index is 0.0926. The second kappa shape index (κ2) is 65.6. The van der Waals surface area contributed by atoms with Crippen LogP contribution >= 0.6 is 0 Å². The molecule has 0 aliphatic rings. The van der Waals surface area contributed by atoms with E-state index >= 15 is 0 Å². The van der Waals surface area contributed by atoms with Crippen LogP contribution in [0.15, 0.2) is 109 Å². The van der Waals surface area contributed by atoms with Crippen molar-refractivity contribution in [2.24, 2.45) is 0 Å². The molecule has 6 nitrogen and oxygen atoms in total. The molecule has 0 aromatic carbocycles. The van der Waals surface area contributed by atoms with Crippen LogP contribution in [0.3, 0.4) is 0 Å². The Hall–Kier alpha value is -3.93. The molecule has 1 unspecified atom stereocenters. The summed E-state index contributed by atoms with van der Waals surface area (Å²) in [6.45, 7) is 6.50. The van der Waals surface area contributed by atoms with Crippen LogP contribution in [0.4, 0.5) is 0 Å². The summed E-state index contributed by atoms with van der Waals surface area (Å²) in [5.74, 6) is -0.945. The van der Waals surface area contributed by atoms with E-state index in [0.29, 0.717) is 19.3 Å². The first-order valence-electron chi connectivity index (χ1n) is 32.9. The Morgan fingerprint density at radius 3 is 0.782 bits per heavy atom. The summed E-state index contributed by atoms with van der Waals surface area (Å²) < 4.78 is 16.9. The summed E-state index contributed by atoms with van der Waals surface area (Å²) in [5, 5.41) is 0. The van der Waals surface area contributed by atoms with Crippen LogP contribution in [0.2, 0.25) is 0 Å². The van der Waals surface area contributed by atoms with E-state index in [2.05, 4.69) is 130 Å². The number of rotatable bonds is 59. The minimum atomic E-state index is -0.800. The van der Waals surface area contributed by atoms with Gasteiger partial charge in [-0.2, -0.15) is 0 Å². The number of carbonyl (C=O) groups excluding carboxylic acids is 3. The summed E-state index contributed by atoms with van der Waals surface area (Å²) in [6, 6.07) is 0. The first-order chi connectivity index (χ1) is 38.5. The molecule has 0 amide bonds. The van der Waals surface area contributed by atoms with Crippen molar-refractivity contribution in [3.05, 3.63) is 109 Å². The number of hydrogen-bond donors (Lipinski definition) is 0. The zero-order chi connectivity index (χ0) is 56.4. The number of unbranched alkanes of at least 4 members (excludes halogenated alkanes) is 30. The molecular weight excluding hydrogens is 961 g/mol. The normalized spacial score (nSPS) is 12.8. The highest BCUT2D eigenvalue weighted by molar-refractivity contribution is 5.71. The molecule has 0 saturated carbocycles. The van der Waals surface area contributed by atoms with Crippen LogP contribution in [0, 0.1) is 0 Å². The topological polar surface area (TPSA) is 78.9 Å². The van der Waals surface area contributed by atoms with Gasteiger partial charge in [-0.05, 0) is 83.5 Å². The van der Waals surface area contributed by atoms with Gasteiger partial charge in [0.15, 0.2) is 6.10 Å². The Kier molecular flexibility index (Phi) is 62.3. The second-order valence-corrected chi connectivity index (χ2v) is 21.7. The van der Waals surface area contributed by atoms with Crippen LogP contribution < -0.4 is 0 Å². The van der Waals surface area contributed by atoms with Crippen molar-refractivity contribution >= 4 is 17.9 Å². The molecule has 0 N–H and O–H groups in total. The van der Waals surface area contributed by atoms with E-state index in [4.69, 9.17) is 14.2 Å². The lowest BCUT2D eigenvalue weighted by Gasteiger charge is -2.18. The maximum Gasteiger partial charge on any atom is 0.306 e. The van der Waals surface area contributed by atoms with Gasteiger partial charge in [0, 0.05) is 19.3 Å². The van der Waals surface area contributed by atoms with Crippen LogP contribution in [0.25, 0.3) is 0 Å². The lowest BCUT2D eigenvalue weighted by atomic mass is 10.0. The summed E-state index contributed by atoms with van der Waals surface area (Å²) in [4.78, 5) is 38.2. The van der Waals surface area contributed by atoms with Crippen LogP contribution in [-0.4, -0.2) is 37.2 Å². The van der Waals surface area contributed by atoms with Gasteiger partial charge in [0.1, 0.15) is 13.2 Å². The quantitative estimate of drug-likeness (QED) is 0.0261. The summed E-state index contributed by atoms with van der Waals surface area (Å²) in [6.07, 6.45) is 89.7. The molecule has 0 spiro atoms. The first kappa shape index (κ1) is 74.1. The van der Waals surface area contributed by atoms with E-state index in [1.165, 1.54) is 161 Å². The monoisotopic (exact) mass is 1080 g/mol. The molecule has 0 aromatic heterocycles. The van der Waals surface area contributed by atoms with Gasteiger partial charge in [0.25, 0.3) is 0 Å². The highest BCUT2D eigenvalue weighted by Crippen LogP contribution is 2.17. The zero-order valence-electron chi connectivity index (χ0n) is 51.2. The van der Waals surface area contributed by atoms with Gasteiger partial charge in [0.2, 0.25) is 0 Å². The zero-order valence-corrected chi connectivity index (χ0v) is 51.2. The van der Waals surface area contributed by atoms with Gasteiger partial charge in [-0.25, -0.2) is 0 Å². The van der Waals surface area contributed by atoms with Gasteiger partial charge in [-0.1, -0.05) is 316 Å². The molecule has 0 rings (SSSR count). The van der Waals surface area contributed by atoms with Crippen LogP contribution in [0.5, 0.6) is 0 Å². The highest BCUT2D eigenvalue weighted by Gasteiger charge is 2.19. The SMILES string of the molecule is CC/C=C\C/C=C\C/C=C\C/C=C\C/C=C\C/C=C\C/C=C\C/C=C\C/C=C\CCCC(=O)OCC(COC(=O)CCCCCCCCCCCCC)OC(=O)CCCCCCCCCCCCCCCCCCCCCC. The van der Waals surface area contributed by atoms with Crippen molar-refractivity contribution in [3.8, 4) is 0 Å². The fraction of sp³-hybridized carbons (Fsp3) is 0.708. The largest absolute Gasteiger partial charge is 0.462 e. The number of hydrogen-bond acceptors (Lipinski definition) is 6.